The number of nitrogens with zero attached hydrogens (tertiary/aromatic N) is 1. The fraction of sp³-hybridized carbons (Fsp3) is 0.538. The van der Waals surface area contributed by atoms with Gasteiger partial charge in [0.05, 0.1) is 0 Å². The highest BCUT2D eigenvalue weighted by molar-refractivity contribution is 5.93. The molecule has 0 bridgehead atoms. The largest absolute Gasteiger partial charge is 0.478 e. The topological polar surface area (TPSA) is 62.2 Å². The number of rotatable bonds is 3. The summed E-state index contributed by atoms with van der Waals surface area (Å²) in [5.74, 6) is 0.799. The van der Waals surface area contributed by atoms with Crippen LogP contribution in [0.3, 0.4) is 0 Å². The zero-order valence-corrected chi connectivity index (χ0v) is 10.2. The van der Waals surface area contributed by atoms with E-state index in [-0.39, 0.29) is 5.56 Å². The van der Waals surface area contributed by atoms with Gasteiger partial charge in [0.25, 0.3) is 0 Å². The zero-order valence-electron chi connectivity index (χ0n) is 10.2. The molecule has 1 fully saturated rings. The molecule has 3 unspecified atom stereocenters. The number of carboxylic acid groups (broad SMARTS) is 1. The number of aromatic nitrogens is 1. The molecule has 92 valence electrons. The molecule has 0 saturated heterocycles. The smallest absolute Gasteiger partial charge is 0.339 e. The summed E-state index contributed by atoms with van der Waals surface area (Å²) in [5.41, 5.74) is 0.249. The van der Waals surface area contributed by atoms with Gasteiger partial charge in [0.1, 0.15) is 11.4 Å². The Labute approximate surface area is 101 Å². The lowest BCUT2D eigenvalue weighted by Crippen LogP contribution is -2.25. The van der Waals surface area contributed by atoms with Crippen LogP contribution in [0.2, 0.25) is 0 Å². The molecule has 0 aromatic carbocycles. The normalized spacial score (nSPS) is 28.0. The van der Waals surface area contributed by atoms with Gasteiger partial charge in [-0.1, -0.05) is 13.8 Å². The van der Waals surface area contributed by atoms with Crippen molar-refractivity contribution in [1.29, 1.82) is 0 Å². The van der Waals surface area contributed by atoms with Gasteiger partial charge in [0.2, 0.25) is 0 Å². The van der Waals surface area contributed by atoms with Gasteiger partial charge < -0.3 is 10.4 Å². The Balaban J connectivity index is 2.16. The van der Waals surface area contributed by atoms with Gasteiger partial charge in [-0.05, 0) is 36.8 Å². The predicted molar refractivity (Wildman–Crippen MR) is 66.2 cm³/mol. The van der Waals surface area contributed by atoms with Crippen molar-refractivity contribution in [2.75, 3.05) is 5.32 Å². The predicted octanol–water partition coefficient (Wildman–Crippen LogP) is 2.63. The first-order chi connectivity index (χ1) is 8.09. The van der Waals surface area contributed by atoms with E-state index in [4.69, 9.17) is 5.11 Å². The van der Waals surface area contributed by atoms with Crippen LogP contribution in [0, 0.1) is 11.8 Å². The average molecular weight is 234 g/mol. The molecular formula is C13H18N2O2. The van der Waals surface area contributed by atoms with Crippen LogP contribution in [0.1, 0.15) is 37.0 Å². The average Bonchev–Trinajstić information content (AvgIpc) is 2.61. The molecule has 1 aromatic heterocycles. The maximum absolute atomic E-state index is 11.1. The van der Waals surface area contributed by atoms with Crippen molar-refractivity contribution in [2.45, 2.75) is 32.7 Å². The van der Waals surface area contributed by atoms with Crippen LogP contribution >= 0.6 is 0 Å². The number of anilines is 1. The summed E-state index contributed by atoms with van der Waals surface area (Å²) in [4.78, 5) is 15.2. The van der Waals surface area contributed by atoms with Crippen molar-refractivity contribution in [2.24, 2.45) is 11.8 Å². The second-order valence-corrected chi connectivity index (χ2v) is 4.87. The standard InChI is InChI=1S/C13H18N2O2/c1-8-5-6-11(9(8)2)15-12-10(13(16)17)4-3-7-14-12/h3-4,7-9,11H,5-6H2,1-2H3,(H,14,15)(H,16,17). The van der Waals surface area contributed by atoms with Crippen molar-refractivity contribution in [3.05, 3.63) is 23.9 Å². The molecule has 0 amide bonds. The molecule has 4 heteroatoms. The van der Waals surface area contributed by atoms with Crippen LogP contribution in [-0.4, -0.2) is 22.1 Å². The van der Waals surface area contributed by atoms with E-state index in [1.54, 1.807) is 18.3 Å². The van der Waals surface area contributed by atoms with Gasteiger partial charge in [0.15, 0.2) is 0 Å². The molecule has 0 spiro atoms. The van der Waals surface area contributed by atoms with Gasteiger partial charge in [-0.25, -0.2) is 9.78 Å². The summed E-state index contributed by atoms with van der Waals surface area (Å²) in [7, 11) is 0. The lowest BCUT2D eigenvalue weighted by Gasteiger charge is -2.20. The number of aromatic carboxylic acids is 1. The maximum Gasteiger partial charge on any atom is 0.339 e. The first-order valence-corrected chi connectivity index (χ1v) is 6.04. The monoisotopic (exact) mass is 234 g/mol. The molecule has 0 radical (unpaired) electrons. The molecule has 3 atom stereocenters. The van der Waals surface area contributed by atoms with Gasteiger partial charge in [0, 0.05) is 12.2 Å². The van der Waals surface area contributed by atoms with E-state index in [2.05, 4.69) is 24.1 Å². The number of carboxylic acids is 1. The Hall–Kier alpha value is -1.58. The van der Waals surface area contributed by atoms with Crippen LogP contribution in [0.15, 0.2) is 18.3 Å². The number of nitrogens with one attached hydrogen (secondary N) is 1. The third-order valence-electron chi connectivity index (χ3n) is 3.83. The highest BCUT2D eigenvalue weighted by Crippen LogP contribution is 2.33. The quantitative estimate of drug-likeness (QED) is 0.844. The van der Waals surface area contributed by atoms with E-state index in [9.17, 15) is 4.79 Å². The fourth-order valence-electron chi connectivity index (χ4n) is 2.44. The number of hydrogen-bond donors (Lipinski definition) is 2. The van der Waals surface area contributed by atoms with Crippen LogP contribution in [0.4, 0.5) is 5.82 Å². The lowest BCUT2D eigenvalue weighted by atomic mass is 9.98. The van der Waals surface area contributed by atoms with E-state index >= 15 is 0 Å². The third-order valence-corrected chi connectivity index (χ3v) is 3.83. The zero-order chi connectivity index (χ0) is 12.4. The highest BCUT2D eigenvalue weighted by Gasteiger charge is 2.30. The van der Waals surface area contributed by atoms with E-state index < -0.39 is 5.97 Å². The molecule has 4 nitrogen and oxygen atoms in total. The first-order valence-electron chi connectivity index (χ1n) is 6.04. The van der Waals surface area contributed by atoms with Crippen molar-refractivity contribution in [3.8, 4) is 0 Å². The Bertz CT molecular complexity index is 420. The van der Waals surface area contributed by atoms with Gasteiger partial charge >= 0.3 is 5.97 Å². The van der Waals surface area contributed by atoms with Gasteiger partial charge in [-0.2, -0.15) is 0 Å². The number of carbonyl (C=O) groups is 1. The van der Waals surface area contributed by atoms with E-state index in [0.717, 1.165) is 6.42 Å². The molecule has 17 heavy (non-hydrogen) atoms. The summed E-state index contributed by atoms with van der Waals surface area (Å²) >= 11 is 0. The third kappa shape index (κ3) is 2.40. The Morgan fingerprint density at radius 1 is 1.47 bits per heavy atom. The van der Waals surface area contributed by atoms with E-state index in [1.807, 2.05) is 0 Å². The second kappa shape index (κ2) is 4.73. The summed E-state index contributed by atoms with van der Waals surface area (Å²) in [6, 6.07) is 3.56. The molecule has 2 N–H and O–H groups in total. The molecule has 1 aliphatic carbocycles. The van der Waals surface area contributed by atoms with E-state index in [1.165, 1.54) is 6.42 Å². The van der Waals surface area contributed by atoms with Crippen LogP contribution in [0.5, 0.6) is 0 Å². The summed E-state index contributed by atoms with van der Waals surface area (Å²) < 4.78 is 0. The molecular weight excluding hydrogens is 216 g/mol. The minimum atomic E-state index is -0.931. The molecule has 1 saturated carbocycles. The van der Waals surface area contributed by atoms with Crippen molar-refractivity contribution in [1.82, 2.24) is 4.98 Å². The summed E-state index contributed by atoms with van der Waals surface area (Å²) in [6.07, 6.45) is 3.89. The Kier molecular flexibility index (Phi) is 3.31. The second-order valence-electron chi connectivity index (χ2n) is 4.87. The number of hydrogen-bond acceptors (Lipinski definition) is 3. The maximum atomic E-state index is 11.1. The van der Waals surface area contributed by atoms with Crippen LogP contribution in [-0.2, 0) is 0 Å². The van der Waals surface area contributed by atoms with Crippen LogP contribution < -0.4 is 5.32 Å². The minimum Gasteiger partial charge on any atom is -0.478 e. The van der Waals surface area contributed by atoms with Gasteiger partial charge in [-0.15, -0.1) is 0 Å². The van der Waals surface area contributed by atoms with Gasteiger partial charge in [-0.3, -0.25) is 0 Å². The molecule has 1 heterocycles. The highest BCUT2D eigenvalue weighted by atomic mass is 16.4. The van der Waals surface area contributed by atoms with E-state index in [0.29, 0.717) is 23.7 Å². The first kappa shape index (κ1) is 11.9. The fourth-order valence-corrected chi connectivity index (χ4v) is 2.44. The Morgan fingerprint density at radius 2 is 2.24 bits per heavy atom. The number of pyridine rings is 1. The van der Waals surface area contributed by atoms with Crippen LogP contribution in [0.25, 0.3) is 0 Å². The SMILES string of the molecule is CC1CCC(Nc2ncccc2C(=O)O)C1C. The summed E-state index contributed by atoms with van der Waals surface area (Å²) in [5, 5.41) is 12.4. The summed E-state index contributed by atoms with van der Waals surface area (Å²) in [6.45, 7) is 4.45. The minimum absolute atomic E-state index is 0.249. The lowest BCUT2D eigenvalue weighted by molar-refractivity contribution is 0.0697. The molecule has 0 aliphatic heterocycles. The van der Waals surface area contributed by atoms with Crippen molar-refractivity contribution >= 4 is 11.8 Å². The molecule has 1 aliphatic rings. The molecule has 2 rings (SSSR count). The molecule has 1 aromatic rings. The van der Waals surface area contributed by atoms with Crippen molar-refractivity contribution in [3.63, 3.8) is 0 Å². The Morgan fingerprint density at radius 3 is 2.82 bits per heavy atom. The van der Waals surface area contributed by atoms with Crippen molar-refractivity contribution < 1.29 is 9.90 Å².